The van der Waals surface area contributed by atoms with E-state index in [1.807, 2.05) is 13.8 Å². The minimum Gasteiger partial charge on any atom is -0.353 e. The molecule has 1 aliphatic carbocycles. The molecule has 0 spiro atoms. The quantitative estimate of drug-likeness (QED) is 0.848. The molecule has 0 unspecified atom stereocenters. The van der Waals surface area contributed by atoms with Crippen molar-refractivity contribution in [2.45, 2.75) is 71.4 Å². The van der Waals surface area contributed by atoms with Gasteiger partial charge in [-0.25, -0.2) is 0 Å². The predicted molar refractivity (Wildman–Crippen MR) is 94.8 cm³/mol. The van der Waals surface area contributed by atoms with Gasteiger partial charge in [0.25, 0.3) is 0 Å². The van der Waals surface area contributed by atoms with Gasteiger partial charge in [0.1, 0.15) is 0 Å². The maximum absolute atomic E-state index is 12.1. The molecule has 1 saturated carbocycles. The Labute approximate surface area is 150 Å². The number of carbonyl (C=O) groups excluding carboxylic acids is 1. The van der Waals surface area contributed by atoms with Gasteiger partial charge < -0.3 is 14.4 Å². The lowest BCUT2D eigenvalue weighted by atomic mass is 9.95. The number of amides is 1. The van der Waals surface area contributed by atoms with E-state index in [0.29, 0.717) is 24.7 Å². The Kier molecular flexibility index (Phi) is 5.67. The van der Waals surface area contributed by atoms with Crippen molar-refractivity contribution in [1.82, 2.24) is 20.0 Å². The third-order valence-electron chi connectivity index (χ3n) is 4.72. The number of hydrogen-bond acceptors (Lipinski definition) is 6. The van der Waals surface area contributed by atoms with Gasteiger partial charge in [-0.15, -0.1) is 0 Å². The Hall–Kier alpha value is -1.96. The molecule has 3 rings (SSSR count). The van der Waals surface area contributed by atoms with Crippen molar-refractivity contribution in [3.8, 4) is 0 Å². The van der Waals surface area contributed by atoms with Crippen LogP contribution < -0.4 is 10.2 Å². The summed E-state index contributed by atoms with van der Waals surface area (Å²) in [4.78, 5) is 29.3. The second-order valence-corrected chi connectivity index (χ2v) is 7.76. The summed E-state index contributed by atoms with van der Waals surface area (Å²) >= 11 is 1.25. The van der Waals surface area contributed by atoms with Crippen LogP contribution >= 0.6 is 11.3 Å². The van der Waals surface area contributed by atoms with Crippen LogP contribution in [0.5, 0.6) is 0 Å². The number of carbonyl (C=O) groups is 1. The fourth-order valence-corrected chi connectivity index (χ4v) is 4.04. The summed E-state index contributed by atoms with van der Waals surface area (Å²) < 4.78 is 6.93. The molecule has 2 aromatic rings. The first-order valence-electron chi connectivity index (χ1n) is 8.80. The zero-order valence-corrected chi connectivity index (χ0v) is 15.5. The van der Waals surface area contributed by atoms with E-state index in [9.17, 15) is 9.59 Å². The van der Waals surface area contributed by atoms with Gasteiger partial charge in [-0.2, -0.15) is 4.98 Å². The Morgan fingerprint density at radius 1 is 1.32 bits per heavy atom. The van der Waals surface area contributed by atoms with E-state index < -0.39 is 0 Å². The Morgan fingerprint density at radius 3 is 2.76 bits per heavy atom. The number of thiazole rings is 1. The van der Waals surface area contributed by atoms with Crippen LogP contribution in [0, 0.1) is 13.8 Å². The maximum Gasteiger partial charge on any atom is 0.307 e. The van der Waals surface area contributed by atoms with Crippen LogP contribution in [0.4, 0.5) is 0 Å². The second kappa shape index (κ2) is 7.95. The lowest BCUT2D eigenvalue weighted by molar-refractivity contribution is -0.121. The molecule has 0 aromatic carbocycles. The minimum atomic E-state index is -0.0558. The molecule has 2 heterocycles. The third-order valence-corrected chi connectivity index (χ3v) is 5.72. The fourth-order valence-electron chi connectivity index (χ4n) is 3.19. The fraction of sp³-hybridized carbons (Fsp3) is 0.647. The number of nitrogens with one attached hydrogen (secondary N) is 1. The molecule has 0 atom stereocenters. The van der Waals surface area contributed by atoms with E-state index in [2.05, 4.69) is 15.5 Å². The largest absolute Gasteiger partial charge is 0.353 e. The van der Waals surface area contributed by atoms with Gasteiger partial charge in [0.05, 0.1) is 6.42 Å². The van der Waals surface area contributed by atoms with Crippen molar-refractivity contribution in [3.63, 3.8) is 0 Å². The number of rotatable bonds is 6. The van der Waals surface area contributed by atoms with Crippen molar-refractivity contribution in [2.24, 2.45) is 0 Å². The first kappa shape index (κ1) is 17.8. The van der Waals surface area contributed by atoms with Crippen LogP contribution in [0.2, 0.25) is 0 Å². The van der Waals surface area contributed by atoms with E-state index in [-0.39, 0.29) is 23.2 Å². The Balaban J connectivity index is 1.51. The van der Waals surface area contributed by atoms with Crippen molar-refractivity contribution in [1.29, 1.82) is 0 Å². The molecule has 1 N–H and O–H groups in total. The smallest absolute Gasteiger partial charge is 0.307 e. The van der Waals surface area contributed by atoms with Gasteiger partial charge in [0.2, 0.25) is 11.8 Å². The topological polar surface area (TPSA) is 90.0 Å². The summed E-state index contributed by atoms with van der Waals surface area (Å²) in [6.07, 6.45) is 6.34. The highest BCUT2D eigenvalue weighted by Gasteiger charge is 2.18. The van der Waals surface area contributed by atoms with E-state index in [0.717, 1.165) is 23.4 Å². The van der Waals surface area contributed by atoms with Crippen LogP contribution in [0.25, 0.3) is 0 Å². The molecule has 2 aromatic heterocycles. The number of aromatic nitrogens is 3. The molecule has 0 bridgehead atoms. The minimum absolute atomic E-state index is 0.0293. The average Bonchev–Trinajstić information content (AvgIpc) is 3.11. The highest BCUT2D eigenvalue weighted by Crippen LogP contribution is 2.17. The molecule has 1 aliphatic rings. The molecule has 8 heteroatoms. The van der Waals surface area contributed by atoms with Crippen LogP contribution in [0.3, 0.4) is 0 Å². The molecule has 7 nitrogen and oxygen atoms in total. The van der Waals surface area contributed by atoms with Gasteiger partial charge in [-0.3, -0.25) is 9.59 Å². The molecule has 1 amide bonds. The normalized spacial score (nSPS) is 15.4. The first-order valence-corrected chi connectivity index (χ1v) is 9.62. The van der Waals surface area contributed by atoms with Crippen LogP contribution in [0.1, 0.15) is 54.4 Å². The van der Waals surface area contributed by atoms with E-state index in [1.165, 1.54) is 30.6 Å². The molecule has 0 radical (unpaired) electrons. The summed E-state index contributed by atoms with van der Waals surface area (Å²) in [5.74, 6) is 0.796. The SMILES string of the molecule is Cc1sc(=O)n(CCc2nc(CC(=O)NC3CCCCC3)no2)c1C. The highest BCUT2D eigenvalue weighted by atomic mass is 32.1. The van der Waals surface area contributed by atoms with Crippen molar-refractivity contribution < 1.29 is 9.32 Å². The third kappa shape index (κ3) is 4.56. The second-order valence-electron chi connectivity index (χ2n) is 6.59. The monoisotopic (exact) mass is 364 g/mol. The van der Waals surface area contributed by atoms with Gasteiger partial charge >= 0.3 is 4.87 Å². The maximum atomic E-state index is 12.1. The van der Waals surface area contributed by atoms with Crippen molar-refractivity contribution >= 4 is 17.2 Å². The average molecular weight is 364 g/mol. The molecule has 25 heavy (non-hydrogen) atoms. The van der Waals surface area contributed by atoms with Crippen LogP contribution in [0.15, 0.2) is 9.32 Å². The molecule has 1 fully saturated rings. The van der Waals surface area contributed by atoms with E-state index in [4.69, 9.17) is 4.52 Å². The van der Waals surface area contributed by atoms with Crippen LogP contribution in [-0.4, -0.2) is 26.7 Å². The summed E-state index contributed by atoms with van der Waals surface area (Å²) in [7, 11) is 0. The zero-order chi connectivity index (χ0) is 17.8. The first-order chi connectivity index (χ1) is 12.0. The molecular formula is C17H24N4O3S. The lowest BCUT2D eigenvalue weighted by Crippen LogP contribution is -2.37. The van der Waals surface area contributed by atoms with Gasteiger partial charge in [-0.1, -0.05) is 35.8 Å². The number of nitrogens with zero attached hydrogens (tertiary/aromatic N) is 3. The number of hydrogen-bond donors (Lipinski definition) is 1. The van der Waals surface area contributed by atoms with Crippen molar-refractivity contribution in [3.05, 3.63) is 32.0 Å². The summed E-state index contributed by atoms with van der Waals surface area (Å²) in [6, 6.07) is 0.282. The molecular weight excluding hydrogens is 340 g/mol. The number of aryl methyl sites for hydroxylation is 2. The zero-order valence-electron chi connectivity index (χ0n) is 14.7. The Morgan fingerprint density at radius 2 is 2.08 bits per heavy atom. The Bertz CT molecular complexity index is 786. The van der Waals surface area contributed by atoms with E-state index in [1.54, 1.807) is 4.57 Å². The summed E-state index contributed by atoms with van der Waals surface area (Å²) in [6.45, 7) is 4.38. The van der Waals surface area contributed by atoms with Crippen LogP contribution in [-0.2, 0) is 24.2 Å². The van der Waals surface area contributed by atoms with Gasteiger partial charge in [0.15, 0.2) is 5.82 Å². The molecule has 0 saturated heterocycles. The lowest BCUT2D eigenvalue weighted by Gasteiger charge is -2.22. The summed E-state index contributed by atoms with van der Waals surface area (Å²) in [5, 5.41) is 6.93. The van der Waals surface area contributed by atoms with Gasteiger partial charge in [0, 0.05) is 29.6 Å². The summed E-state index contributed by atoms with van der Waals surface area (Å²) in [5.41, 5.74) is 0.974. The van der Waals surface area contributed by atoms with Gasteiger partial charge in [-0.05, 0) is 26.7 Å². The van der Waals surface area contributed by atoms with Crippen molar-refractivity contribution in [2.75, 3.05) is 0 Å². The molecule has 136 valence electrons. The standard InChI is InChI=1S/C17H24N4O3S/c1-11-12(2)25-17(23)21(11)9-8-16-19-14(20-24-16)10-15(22)18-13-6-4-3-5-7-13/h13H,3-10H2,1-2H3,(H,18,22). The highest BCUT2D eigenvalue weighted by molar-refractivity contribution is 7.09. The molecule has 0 aliphatic heterocycles. The predicted octanol–water partition coefficient (Wildman–Crippen LogP) is 2.14. The van der Waals surface area contributed by atoms with E-state index >= 15 is 0 Å².